The monoisotopic (exact) mass is 421 g/mol. The van der Waals surface area contributed by atoms with Crippen molar-refractivity contribution in [2.45, 2.75) is 25.9 Å². The molecule has 0 spiro atoms. The number of likely N-dealkylation sites (N-methyl/N-ethyl adjacent to an activating group) is 1. The molecule has 1 saturated heterocycles. The SMILES string of the molecule is CN(CC(=O)NCc1ccc(C(=O)N2CCCC2)cc1)Cc1csc2ccccc12. The van der Waals surface area contributed by atoms with Crippen LogP contribution in [0.5, 0.6) is 0 Å². The van der Waals surface area contributed by atoms with Gasteiger partial charge in [0.1, 0.15) is 0 Å². The van der Waals surface area contributed by atoms with Crippen LogP contribution in [0.1, 0.15) is 34.3 Å². The number of carbonyl (C=O) groups excluding carboxylic acids is 2. The largest absolute Gasteiger partial charge is 0.351 e. The van der Waals surface area contributed by atoms with Gasteiger partial charge in [-0.05, 0) is 60.0 Å². The average molecular weight is 422 g/mol. The predicted molar refractivity (Wildman–Crippen MR) is 122 cm³/mol. The normalized spacial score (nSPS) is 13.9. The van der Waals surface area contributed by atoms with E-state index in [0.717, 1.165) is 43.6 Å². The topological polar surface area (TPSA) is 52.7 Å². The van der Waals surface area contributed by atoms with Crippen LogP contribution in [-0.4, -0.2) is 48.3 Å². The standard InChI is InChI=1S/C24H27N3O2S/c1-26(15-20-17-30-22-7-3-2-6-21(20)22)16-23(28)25-14-18-8-10-19(11-9-18)24(29)27-12-4-5-13-27/h2-3,6-11,17H,4-5,12-16H2,1H3,(H,25,28). The Morgan fingerprint density at radius 3 is 2.57 bits per heavy atom. The second kappa shape index (κ2) is 9.41. The Morgan fingerprint density at radius 1 is 1.07 bits per heavy atom. The molecule has 0 radical (unpaired) electrons. The van der Waals surface area contributed by atoms with E-state index in [1.54, 1.807) is 11.3 Å². The van der Waals surface area contributed by atoms with Crippen LogP contribution < -0.4 is 5.32 Å². The van der Waals surface area contributed by atoms with Crippen LogP contribution >= 0.6 is 11.3 Å². The van der Waals surface area contributed by atoms with Gasteiger partial charge < -0.3 is 10.2 Å². The predicted octanol–water partition coefficient (Wildman–Crippen LogP) is 3.89. The quantitative estimate of drug-likeness (QED) is 0.630. The van der Waals surface area contributed by atoms with Crippen molar-refractivity contribution in [3.8, 4) is 0 Å². The van der Waals surface area contributed by atoms with Gasteiger partial charge in [0, 0.05) is 36.4 Å². The van der Waals surface area contributed by atoms with Gasteiger partial charge in [0.2, 0.25) is 5.91 Å². The molecule has 4 rings (SSSR count). The Balaban J connectivity index is 1.25. The Kier molecular flexibility index (Phi) is 6.45. The summed E-state index contributed by atoms with van der Waals surface area (Å²) in [4.78, 5) is 28.7. The van der Waals surface area contributed by atoms with Gasteiger partial charge in [-0.2, -0.15) is 0 Å². The van der Waals surface area contributed by atoms with Crippen LogP contribution in [0.25, 0.3) is 10.1 Å². The number of fused-ring (bicyclic) bond motifs is 1. The highest BCUT2D eigenvalue weighted by Crippen LogP contribution is 2.26. The number of likely N-dealkylation sites (tertiary alicyclic amines) is 1. The van der Waals surface area contributed by atoms with Crippen molar-refractivity contribution in [1.29, 1.82) is 0 Å². The van der Waals surface area contributed by atoms with Gasteiger partial charge in [-0.25, -0.2) is 0 Å². The van der Waals surface area contributed by atoms with Crippen molar-refractivity contribution in [3.63, 3.8) is 0 Å². The lowest BCUT2D eigenvalue weighted by molar-refractivity contribution is -0.122. The lowest BCUT2D eigenvalue weighted by Crippen LogP contribution is -2.34. The van der Waals surface area contributed by atoms with Gasteiger partial charge in [-0.1, -0.05) is 30.3 Å². The molecule has 156 valence electrons. The number of benzene rings is 2. The van der Waals surface area contributed by atoms with E-state index in [1.165, 1.54) is 15.6 Å². The first-order valence-corrected chi connectivity index (χ1v) is 11.3. The van der Waals surface area contributed by atoms with Crippen molar-refractivity contribution >= 4 is 33.2 Å². The molecule has 0 saturated carbocycles. The molecule has 6 heteroatoms. The number of nitrogens with one attached hydrogen (secondary N) is 1. The second-order valence-corrected chi connectivity index (χ2v) is 8.81. The summed E-state index contributed by atoms with van der Waals surface area (Å²) in [5.74, 6) is 0.0971. The zero-order valence-corrected chi connectivity index (χ0v) is 18.1. The minimum atomic E-state index is -0.00532. The molecular formula is C24H27N3O2S. The molecule has 3 aromatic rings. The molecule has 0 aliphatic carbocycles. The van der Waals surface area contributed by atoms with Gasteiger partial charge in [-0.3, -0.25) is 14.5 Å². The van der Waals surface area contributed by atoms with Crippen LogP contribution in [0.3, 0.4) is 0 Å². The van der Waals surface area contributed by atoms with Crippen molar-refractivity contribution in [2.75, 3.05) is 26.7 Å². The molecule has 1 N–H and O–H groups in total. The number of thiophene rings is 1. The molecule has 1 aromatic heterocycles. The first-order valence-electron chi connectivity index (χ1n) is 10.4. The van der Waals surface area contributed by atoms with Crippen molar-refractivity contribution in [1.82, 2.24) is 15.1 Å². The molecule has 30 heavy (non-hydrogen) atoms. The van der Waals surface area contributed by atoms with Gasteiger partial charge in [-0.15, -0.1) is 11.3 Å². The third-order valence-corrected chi connectivity index (χ3v) is 6.51. The Labute approximate surface area is 181 Å². The zero-order chi connectivity index (χ0) is 20.9. The Bertz CT molecular complexity index is 1020. The average Bonchev–Trinajstić information content (AvgIpc) is 3.43. The third-order valence-electron chi connectivity index (χ3n) is 5.50. The second-order valence-electron chi connectivity index (χ2n) is 7.90. The summed E-state index contributed by atoms with van der Waals surface area (Å²) in [6.07, 6.45) is 2.18. The third kappa shape index (κ3) is 4.89. The molecule has 0 atom stereocenters. The summed E-state index contributed by atoms with van der Waals surface area (Å²) in [7, 11) is 1.96. The van der Waals surface area contributed by atoms with Crippen LogP contribution in [-0.2, 0) is 17.9 Å². The van der Waals surface area contributed by atoms with Crippen molar-refractivity contribution in [2.24, 2.45) is 0 Å². The number of carbonyl (C=O) groups is 2. The van der Waals surface area contributed by atoms with Crippen LogP contribution in [0.15, 0.2) is 53.9 Å². The summed E-state index contributed by atoms with van der Waals surface area (Å²) in [5.41, 5.74) is 2.96. The number of amides is 2. The van der Waals surface area contributed by atoms with E-state index < -0.39 is 0 Å². The lowest BCUT2D eigenvalue weighted by atomic mass is 10.1. The summed E-state index contributed by atoms with van der Waals surface area (Å²) in [5, 5.41) is 6.41. The molecule has 1 aliphatic rings. The molecule has 1 fully saturated rings. The zero-order valence-electron chi connectivity index (χ0n) is 17.3. The summed E-state index contributed by atoms with van der Waals surface area (Å²) >= 11 is 1.74. The first-order chi connectivity index (χ1) is 14.6. The number of nitrogens with zero attached hydrogens (tertiary/aromatic N) is 2. The Hall–Kier alpha value is -2.70. The maximum atomic E-state index is 12.4. The number of hydrogen-bond donors (Lipinski definition) is 1. The number of rotatable bonds is 7. The highest BCUT2D eigenvalue weighted by molar-refractivity contribution is 7.17. The lowest BCUT2D eigenvalue weighted by Gasteiger charge is -2.16. The minimum absolute atomic E-state index is 0.00532. The van der Waals surface area contributed by atoms with E-state index in [1.807, 2.05) is 41.1 Å². The fourth-order valence-electron chi connectivity index (χ4n) is 3.87. The van der Waals surface area contributed by atoms with E-state index in [9.17, 15) is 9.59 Å². The molecule has 0 bridgehead atoms. The molecule has 2 heterocycles. The fraction of sp³-hybridized carbons (Fsp3) is 0.333. The Morgan fingerprint density at radius 2 is 1.80 bits per heavy atom. The maximum absolute atomic E-state index is 12.4. The summed E-state index contributed by atoms with van der Waals surface area (Å²) in [6.45, 7) is 3.25. The molecule has 5 nitrogen and oxygen atoms in total. The molecule has 0 unspecified atom stereocenters. The molecular weight excluding hydrogens is 394 g/mol. The maximum Gasteiger partial charge on any atom is 0.253 e. The van der Waals surface area contributed by atoms with Gasteiger partial charge in [0.25, 0.3) is 5.91 Å². The van der Waals surface area contributed by atoms with Gasteiger partial charge >= 0.3 is 0 Å². The summed E-state index contributed by atoms with van der Waals surface area (Å²) in [6, 6.07) is 15.9. The van der Waals surface area contributed by atoms with E-state index in [0.29, 0.717) is 13.1 Å². The highest BCUT2D eigenvalue weighted by atomic mass is 32.1. The fourth-order valence-corrected chi connectivity index (χ4v) is 4.83. The minimum Gasteiger partial charge on any atom is -0.351 e. The van der Waals surface area contributed by atoms with Gasteiger partial charge in [0.15, 0.2) is 0 Å². The molecule has 1 aliphatic heterocycles. The van der Waals surface area contributed by atoms with Crippen LogP contribution in [0.4, 0.5) is 0 Å². The van der Waals surface area contributed by atoms with E-state index in [4.69, 9.17) is 0 Å². The van der Waals surface area contributed by atoms with Crippen LogP contribution in [0.2, 0.25) is 0 Å². The summed E-state index contributed by atoms with van der Waals surface area (Å²) < 4.78 is 1.28. The molecule has 2 aromatic carbocycles. The van der Waals surface area contributed by atoms with Crippen LogP contribution in [0, 0.1) is 0 Å². The molecule has 2 amide bonds. The van der Waals surface area contributed by atoms with E-state index in [-0.39, 0.29) is 11.8 Å². The first kappa shape index (κ1) is 20.6. The van der Waals surface area contributed by atoms with Gasteiger partial charge in [0.05, 0.1) is 6.54 Å². The van der Waals surface area contributed by atoms with E-state index >= 15 is 0 Å². The van der Waals surface area contributed by atoms with Crippen molar-refractivity contribution < 1.29 is 9.59 Å². The smallest absolute Gasteiger partial charge is 0.253 e. The van der Waals surface area contributed by atoms with Crippen molar-refractivity contribution in [3.05, 3.63) is 70.6 Å². The number of hydrogen-bond acceptors (Lipinski definition) is 4. The highest BCUT2D eigenvalue weighted by Gasteiger charge is 2.19. The van der Waals surface area contributed by atoms with E-state index in [2.05, 4.69) is 35.0 Å².